The number of benzene rings is 1. The molecule has 0 spiro atoms. The number of aliphatic hydroxyl groups excluding tert-OH is 1. The number of hydrogen-bond donors (Lipinski definition) is 2. The van der Waals surface area contributed by atoms with Gasteiger partial charge in [0, 0.05) is 13.2 Å². The summed E-state index contributed by atoms with van der Waals surface area (Å²) >= 11 is 0. The molecule has 1 rings (SSSR count). The molecule has 1 aromatic rings. The van der Waals surface area contributed by atoms with Crippen molar-refractivity contribution in [1.29, 1.82) is 0 Å². The SMILES string of the molecule is CCCCOC(COCCO)c1c(C(C)(C)C)cc(CN)cc1C(C)(C)C. The molecule has 0 fully saturated rings. The fraction of sp³-hybridized carbons (Fsp3) is 0.739. The van der Waals surface area contributed by atoms with Gasteiger partial charge in [0.1, 0.15) is 6.10 Å². The lowest BCUT2D eigenvalue weighted by Crippen LogP contribution is -2.27. The topological polar surface area (TPSA) is 64.7 Å². The molecule has 0 radical (unpaired) electrons. The van der Waals surface area contributed by atoms with E-state index in [0.29, 0.717) is 26.4 Å². The highest BCUT2D eigenvalue weighted by molar-refractivity contribution is 5.47. The van der Waals surface area contributed by atoms with Crippen LogP contribution in [0.2, 0.25) is 0 Å². The van der Waals surface area contributed by atoms with Crippen molar-refractivity contribution in [2.24, 2.45) is 5.73 Å². The molecular formula is C23H41NO3. The zero-order chi connectivity index (χ0) is 20.7. The monoisotopic (exact) mass is 379 g/mol. The quantitative estimate of drug-likeness (QED) is 0.583. The molecule has 1 atom stereocenters. The summed E-state index contributed by atoms with van der Waals surface area (Å²) in [6.45, 7) is 17.6. The van der Waals surface area contributed by atoms with Gasteiger partial charge in [-0.25, -0.2) is 0 Å². The van der Waals surface area contributed by atoms with Gasteiger partial charge >= 0.3 is 0 Å². The molecule has 0 heterocycles. The van der Waals surface area contributed by atoms with Gasteiger partial charge in [0.25, 0.3) is 0 Å². The number of aliphatic hydroxyl groups is 1. The Morgan fingerprint density at radius 1 is 1.00 bits per heavy atom. The first-order chi connectivity index (χ1) is 12.6. The Kier molecular flexibility index (Phi) is 9.43. The van der Waals surface area contributed by atoms with Gasteiger partial charge in [-0.05, 0) is 39.5 Å². The first-order valence-corrected chi connectivity index (χ1v) is 10.2. The Hall–Kier alpha value is -0.940. The molecule has 4 heteroatoms. The summed E-state index contributed by atoms with van der Waals surface area (Å²) < 4.78 is 12.0. The Morgan fingerprint density at radius 3 is 1.96 bits per heavy atom. The molecule has 3 N–H and O–H groups in total. The third-order valence-electron chi connectivity index (χ3n) is 4.74. The second kappa shape index (κ2) is 10.6. The maximum Gasteiger partial charge on any atom is 0.106 e. The highest BCUT2D eigenvalue weighted by Gasteiger charge is 2.31. The van der Waals surface area contributed by atoms with Crippen LogP contribution in [0.15, 0.2) is 12.1 Å². The highest BCUT2D eigenvalue weighted by Crippen LogP contribution is 2.40. The van der Waals surface area contributed by atoms with E-state index < -0.39 is 0 Å². The van der Waals surface area contributed by atoms with Crippen LogP contribution in [0.4, 0.5) is 0 Å². The van der Waals surface area contributed by atoms with E-state index in [1.165, 1.54) is 16.7 Å². The van der Waals surface area contributed by atoms with Crippen molar-refractivity contribution < 1.29 is 14.6 Å². The van der Waals surface area contributed by atoms with Gasteiger partial charge in [-0.1, -0.05) is 67.0 Å². The minimum atomic E-state index is -0.154. The number of hydrogen-bond acceptors (Lipinski definition) is 4. The van der Waals surface area contributed by atoms with Crippen LogP contribution in [0.3, 0.4) is 0 Å². The molecule has 0 aliphatic rings. The smallest absolute Gasteiger partial charge is 0.106 e. The van der Waals surface area contributed by atoms with Crippen LogP contribution >= 0.6 is 0 Å². The minimum absolute atomic E-state index is 0.0199. The molecule has 1 aromatic carbocycles. The molecule has 0 saturated heterocycles. The van der Waals surface area contributed by atoms with Crippen molar-refractivity contribution >= 4 is 0 Å². The molecule has 4 nitrogen and oxygen atoms in total. The van der Waals surface area contributed by atoms with E-state index in [9.17, 15) is 0 Å². The normalized spacial score (nSPS) is 13.8. The van der Waals surface area contributed by atoms with E-state index in [-0.39, 0.29) is 23.5 Å². The lowest BCUT2D eigenvalue weighted by Gasteiger charge is -2.34. The summed E-state index contributed by atoms with van der Waals surface area (Å²) in [7, 11) is 0. The van der Waals surface area contributed by atoms with Crippen LogP contribution in [0.5, 0.6) is 0 Å². The van der Waals surface area contributed by atoms with Crippen molar-refractivity contribution in [3.8, 4) is 0 Å². The van der Waals surface area contributed by atoms with Crippen molar-refractivity contribution in [3.63, 3.8) is 0 Å². The summed E-state index contributed by atoms with van der Waals surface area (Å²) in [6.07, 6.45) is 1.96. The Morgan fingerprint density at radius 2 is 1.56 bits per heavy atom. The Bertz CT molecular complexity index is 525. The first-order valence-electron chi connectivity index (χ1n) is 10.2. The molecule has 27 heavy (non-hydrogen) atoms. The maximum atomic E-state index is 9.12. The van der Waals surface area contributed by atoms with Crippen molar-refractivity contribution in [2.45, 2.75) is 84.8 Å². The standard InChI is InChI=1S/C23H41NO3/c1-8-9-11-27-20(16-26-12-10-25)21-18(22(2,3)4)13-17(15-24)14-19(21)23(5,6)7/h13-14,20,25H,8-12,15-16,24H2,1-7H3. The van der Waals surface area contributed by atoms with Crippen LogP contribution in [0.25, 0.3) is 0 Å². The van der Waals surface area contributed by atoms with Crippen LogP contribution < -0.4 is 5.73 Å². The van der Waals surface area contributed by atoms with Gasteiger partial charge in [-0.15, -0.1) is 0 Å². The molecule has 0 bridgehead atoms. The van der Waals surface area contributed by atoms with Crippen LogP contribution in [-0.2, 0) is 26.8 Å². The van der Waals surface area contributed by atoms with E-state index in [0.717, 1.165) is 18.4 Å². The average molecular weight is 380 g/mol. The third kappa shape index (κ3) is 7.19. The summed E-state index contributed by atoms with van der Waals surface area (Å²) in [4.78, 5) is 0. The van der Waals surface area contributed by atoms with Gasteiger partial charge in [0.2, 0.25) is 0 Å². The van der Waals surface area contributed by atoms with Gasteiger partial charge in [-0.3, -0.25) is 0 Å². The second-order valence-corrected chi connectivity index (χ2v) is 9.32. The fourth-order valence-electron chi connectivity index (χ4n) is 3.26. The van der Waals surface area contributed by atoms with Gasteiger partial charge in [0.05, 0.1) is 19.8 Å². The van der Waals surface area contributed by atoms with Crippen LogP contribution in [0, 0.1) is 0 Å². The van der Waals surface area contributed by atoms with Crippen molar-refractivity contribution in [3.05, 3.63) is 34.4 Å². The van der Waals surface area contributed by atoms with Crippen LogP contribution in [-0.4, -0.2) is 31.5 Å². The van der Waals surface area contributed by atoms with E-state index >= 15 is 0 Å². The highest BCUT2D eigenvalue weighted by atomic mass is 16.5. The van der Waals surface area contributed by atoms with Gasteiger partial charge in [0.15, 0.2) is 0 Å². The van der Waals surface area contributed by atoms with Crippen LogP contribution in [0.1, 0.15) is 89.7 Å². The molecule has 0 amide bonds. The predicted octanol–water partition coefficient (Wildman–Crippen LogP) is 4.61. The minimum Gasteiger partial charge on any atom is -0.394 e. The molecular weight excluding hydrogens is 338 g/mol. The lowest BCUT2D eigenvalue weighted by atomic mass is 9.73. The number of rotatable bonds is 10. The van der Waals surface area contributed by atoms with Gasteiger partial charge < -0.3 is 20.3 Å². The summed E-state index contributed by atoms with van der Waals surface area (Å²) in [5.41, 5.74) is 10.8. The summed E-state index contributed by atoms with van der Waals surface area (Å²) in [5.74, 6) is 0. The van der Waals surface area contributed by atoms with E-state index in [2.05, 4.69) is 60.6 Å². The van der Waals surface area contributed by atoms with E-state index in [4.69, 9.17) is 20.3 Å². The number of nitrogens with two attached hydrogens (primary N) is 1. The second-order valence-electron chi connectivity index (χ2n) is 9.32. The first kappa shape index (κ1) is 24.1. The third-order valence-corrected chi connectivity index (χ3v) is 4.74. The summed E-state index contributed by atoms with van der Waals surface area (Å²) in [5, 5.41) is 9.12. The lowest BCUT2D eigenvalue weighted by molar-refractivity contribution is -0.0274. The molecule has 156 valence electrons. The largest absolute Gasteiger partial charge is 0.394 e. The van der Waals surface area contributed by atoms with E-state index in [1.54, 1.807) is 0 Å². The summed E-state index contributed by atoms with van der Waals surface area (Å²) in [6, 6.07) is 4.46. The van der Waals surface area contributed by atoms with Crippen molar-refractivity contribution in [2.75, 3.05) is 26.4 Å². The average Bonchev–Trinajstić information content (AvgIpc) is 2.58. The Labute approximate surface area is 166 Å². The molecule has 0 saturated carbocycles. The number of unbranched alkanes of at least 4 members (excludes halogenated alkanes) is 1. The molecule has 0 aliphatic heterocycles. The predicted molar refractivity (Wildman–Crippen MR) is 113 cm³/mol. The molecule has 0 aliphatic carbocycles. The van der Waals surface area contributed by atoms with E-state index in [1.807, 2.05) is 0 Å². The fourth-order valence-corrected chi connectivity index (χ4v) is 3.26. The molecule has 0 aromatic heterocycles. The zero-order valence-corrected chi connectivity index (χ0v) is 18.5. The van der Waals surface area contributed by atoms with Crippen molar-refractivity contribution in [1.82, 2.24) is 0 Å². The maximum absolute atomic E-state index is 9.12. The number of ether oxygens (including phenoxy) is 2. The van der Waals surface area contributed by atoms with Gasteiger partial charge in [-0.2, -0.15) is 0 Å². The Balaban J connectivity index is 3.54. The zero-order valence-electron chi connectivity index (χ0n) is 18.5. The molecule has 1 unspecified atom stereocenters.